The van der Waals surface area contributed by atoms with Gasteiger partial charge in [-0.1, -0.05) is 48.5 Å². The van der Waals surface area contributed by atoms with Crippen LogP contribution in [-0.4, -0.2) is 22.6 Å². The van der Waals surface area contributed by atoms with Gasteiger partial charge in [0.15, 0.2) is 5.78 Å². The van der Waals surface area contributed by atoms with E-state index in [1.807, 2.05) is 0 Å². The van der Waals surface area contributed by atoms with E-state index in [9.17, 15) is 14.4 Å². The van der Waals surface area contributed by atoms with E-state index < -0.39 is 18.0 Å². The molecule has 28 heavy (non-hydrogen) atoms. The van der Waals surface area contributed by atoms with Gasteiger partial charge >= 0.3 is 5.97 Å². The van der Waals surface area contributed by atoms with Gasteiger partial charge in [0.05, 0.1) is 0 Å². The molecule has 0 bridgehead atoms. The SMILES string of the molecule is CC(=O)c1cccc(NC(=O)[C@@H](OC(=O)c2ccccn2)c2ccccc2)c1. The van der Waals surface area contributed by atoms with Gasteiger partial charge in [-0.3, -0.25) is 9.59 Å². The van der Waals surface area contributed by atoms with Gasteiger partial charge in [0.2, 0.25) is 6.10 Å². The van der Waals surface area contributed by atoms with Crippen LogP contribution in [0.4, 0.5) is 5.69 Å². The summed E-state index contributed by atoms with van der Waals surface area (Å²) < 4.78 is 5.45. The Balaban J connectivity index is 1.84. The van der Waals surface area contributed by atoms with Crippen molar-refractivity contribution in [3.8, 4) is 0 Å². The van der Waals surface area contributed by atoms with Gasteiger partial charge in [-0.2, -0.15) is 0 Å². The maximum Gasteiger partial charge on any atom is 0.358 e. The second-order valence-electron chi connectivity index (χ2n) is 6.04. The number of ether oxygens (including phenoxy) is 1. The summed E-state index contributed by atoms with van der Waals surface area (Å²) >= 11 is 0. The monoisotopic (exact) mass is 374 g/mol. The van der Waals surface area contributed by atoms with Crippen LogP contribution in [-0.2, 0) is 9.53 Å². The molecule has 0 aliphatic rings. The van der Waals surface area contributed by atoms with Crippen molar-refractivity contribution in [1.29, 1.82) is 0 Å². The summed E-state index contributed by atoms with van der Waals surface area (Å²) in [5, 5.41) is 2.70. The van der Waals surface area contributed by atoms with Crippen LogP contribution in [0.5, 0.6) is 0 Å². The number of anilines is 1. The van der Waals surface area contributed by atoms with Gasteiger partial charge in [0, 0.05) is 23.0 Å². The lowest BCUT2D eigenvalue weighted by Crippen LogP contribution is -2.26. The molecular formula is C22H18N2O4. The van der Waals surface area contributed by atoms with E-state index in [2.05, 4.69) is 10.3 Å². The Morgan fingerprint density at radius 2 is 1.68 bits per heavy atom. The number of hydrogen-bond donors (Lipinski definition) is 1. The van der Waals surface area contributed by atoms with Gasteiger partial charge in [0.25, 0.3) is 5.91 Å². The van der Waals surface area contributed by atoms with Gasteiger partial charge in [-0.15, -0.1) is 0 Å². The second-order valence-corrected chi connectivity index (χ2v) is 6.04. The lowest BCUT2D eigenvalue weighted by Gasteiger charge is -2.18. The Morgan fingerprint density at radius 3 is 2.36 bits per heavy atom. The molecule has 2 aromatic carbocycles. The average molecular weight is 374 g/mol. The van der Waals surface area contributed by atoms with E-state index in [4.69, 9.17) is 4.74 Å². The van der Waals surface area contributed by atoms with E-state index in [0.29, 0.717) is 16.8 Å². The lowest BCUT2D eigenvalue weighted by atomic mass is 10.1. The molecule has 0 saturated carbocycles. The second kappa shape index (κ2) is 8.73. The van der Waals surface area contributed by atoms with Crippen LogP contribution in [0, 0.1) is 0 Å². The number of benzene rings is 2. The number of esters is 1. The smallest absolute Gasteiger partial charge is 0.358 e. The molecule has 6 heteroatoms. The Labute approximate surface area is 162 Å². The minimum atomic E-state index is -1.17. The number of nitrogens with zero attached hydrogens (tertiary/aromatic N) is 1. The third-order valence-corrected chi connectivity index (χ3v) is 3.98. The van der Waals surface area contributed by atoms with Crippen molar-refractivity contribution in [1.82, 2.24) is 4.98 Å². The van der Waals surface area contributed by atoms with Crippen LogP contribution in [0.15, 0.2) is 79.0 Å². The molecule has 140 valence electrons. The van der Waals surface area contributed by atoms with E-state index in [0.717, 1.165) is 0 Å². The number of pyridine rings is 1. The summed E-state index contributed by atoms with van der Waals surface area (Å²) in [5.74, 6) is -1.35. The number of rotatable bonds is 6. The third kappa shape index (κ3) is 4.67. The fraction of sp³-hybridized carbons (Fsp3) is 0.0909. The molecule has 0 radical (unpaired) electrons. The van der Waals surface area contributed by atoms with Crippen molar-refractivity contribution in [2.75, 3.05) is 5.32 Å². The van der Waals surface area contributed by atoms with Crippen LogP contribution >= 0.6 is 0 Å². The van der Waals surface area contributed by atoms with E-state index >= 15 is 0 Å². The standard InChI is InChI=1S/C22H18N2O4/c1-15(25)17-10-7-11-18(14-17)24-21(26)20(16-8-3-2-4-9-16)28-22(27)19-12-5-6-13-23-19/h2-14,20H,1H3,(H,24,26)/t20-/m0/s1. The third-order valence-electron chi connectivity index (χ3n) is 3.98. The quantitative estimate of drug-likeness (QED) is 0.524. The number of amides is 1. The highest BCUT2D eigenvalue weighted by molar-refractivity contribution is 5.99. The van der Waals surface area contributed by atoms with Crippen LogP contribution in [0.3, 0.4) is 0 Å². The molecule has 0 spiro atoms. The van der Waals surface area contributed by atoms with Crippen molar-refractivity contribution < 1.29 is 19.1 Å². The molecule has 1 heterocycles. The first-order valence-corrected chi connectivity index (χ1v) is 8.63. The van der Waals surface area contributed by atoms with E-state index in [1.165, 1.54) is 19.2 Å². The van der Waals surface area contributed by atoms with Crippen LogP contribution in [0.1, 0.15) is 39.4 Å². The number of nitrogens with one attached hydrogen (secondary N) is 1. The maximum atomic E-state index is 12.9. The van der Waals surface area contributed by atoms with Crippen molar-refractivity contribution in [2.45, 2.75) is 13.0 Å². The van der Waals surface area contributed by atoms with Crippen LogP contribution < -0.4 is 5.32 Å². The summed E-state index contributed by atoms with van der Waals surface area (Å²) in [6, 6.07) is 20.1. The van der Waals surface area contributed by atoms with Crippen LogP contribution in [0.2, 0.25) is 0 Å². The summed E-state index contributed by atoms with van der Waals surface area (Å²) in [4.78, 5) is 40.8. The van der Waals surface area contributed by atoms with Gasteiger partial charge in [0.1, 0.15) is 5.69 Å². The first kappa shape index (κ1) is 19.0. The Morgan fingerprint density at radius 1 is 0.929 bits per heavy atom. The minimum Gasteiger partial charge on any atom is -0.443 e. The van der Waals surface area contributed by atoms with Gasteiger partial charge in [-0.25, -0.2) is 9.78 Å². The molecule has 0 aliphatic carbocycles. The van der Waals surface area contributed by atoms with Crippen molar-refractivity contribution in [2.24, 2.45) is 0 Å². The largest absolute Gasteiger partial charge is 0.443 e. The number of carbonyl (C=O) groups excluding carboxylic acids is 3. The molecule has 0 aliphatic heterocycles. The number of ketones is 1. The van der Waals surface area contributed by atoms with Gasteiger partial charge in [-0.05, 0) is 31.2 Å². The zero-order chi connectivity index (χ0) is 19.9. The molecule has 3 rings (SSSR count). The lowest BCUT2D eigenvalue weighted by molar-refractivity contribution is -0.125. The molecule has 3 aromatic rings. The summed E-state index contributed by atoms with van der Waals surface area (Å²) in [6.45, 7) is 1.45. The molecule has 6 nitrogen and oxygen atoms in total. The first-order chi connectivity index (χ1) is 13.5. The minimum absolute atomic E-state index is 0.106. The molecule has 0 unspecified atom stereocenters. The number of carbonyl (C=O) groups is 3. The molecule has 1 amide bonds. The average Bonchev–Trinajstić information content (AvgIpc) is 2.73. The fourth-order valence-electron chi connectivity index (χ4n) is 2.58. The highest BCUT2D eigenvalue weighted by atomic mass is 16.5. The van der Waals surface area contributed by atoms with E-state index in [1.54, 1.807) is 66.7 Å². The van der Waals surface area contributed by atoms with Crippen molar-refractivity contribution >= 4 is 23.3 Å². The summed E-state index contributed by atoms with van der Waals surface area (Å²) in [5.41, 5.74) is 1.54. The number of aromatic nitrogens is 1. The predicted molar refractivity (Wildman–Crippen MR) is 104 cm³/mol. The highest BCUT2D eigenvalue weighted by Crippen LogP contribution is 2.22. The molecule has 1 N–H and O–H groups in total. The number of Topliss-reactive ketones (excluding diaryl/α,β-unsaturated/α-hetero) is 1. The molecule has 0 saturated heterocycles. The van der Waals surface area contributed by atoms with Crippen molar-refractivity contribution in [3.63, 3.8) is 0 Å². The fourth-order valence-corrected chi connectivity index (χ4v) is 2.58. The van der Waals surface area contributed by atoms with E-state index in [-0.39, 0.29) is 11.5 Å². The normalized spacial score (nSPS) is 11.3. The first-order valence-electron chi connectivity index (χ1n) is 8.63. The summed E-state index contributed by atoms with van der Waals surface area (Å²) in [7, 11) is 0. The topological polar surface area (TPSA) is 85.4 Å². The highest BCUT2D eigenvalue weighted by Gasteiger charge is 2.26. The van der Waals surface area contributed by atoms with Crippen molar-refractivity contribution in [3.05, 3.63) is 95.8 Å². The molecular weight excluding hydrogens is 356 g/mol. The number of hydrogen-bond acceptors (Lipinski definition) is 5. The maximum absolute atomic E-state index is 12.9. The molecule has 1 aromatic heterocycles. The Hall–Kier alpha value is -3.80. The Kier molecular flexibility index (Phi) is 5.91. The molecule has 1 atom stereocenters. The zero-order valence-electron chi connectivity index (χ0n) is 15.2. The predicted octanol–water partition coefficient (Wildman–Crippen LogP) is 3.82. The zero-order valence-corrected chi connectivity index (χ0v) is 15.2. The molecule has 0 fully saturated rings. The summed E-state index contributed by atoms with van der Waals surface area (Å²) in [6.07, 6.45) is 0.304. The van der Waals surface area contributed by atoms with Gasteiger partial charge < -0.3 is 10.1 Å². The Bertz CT molecular complexity index is 988. The van der Waals surface area contributed by atoms with Crippen LogP contribution in [0.25, 0.3) is 0 Å².